The molecule has 0 saturated heterocycles. The molecule has 0 spiro atoms. The highest BCUT2D eigenvalue weighted by molar-refractivity contribution is 6.04. The van der Waals surface area contributed by atoms with Gasteiger partial charge in [0.1, 0.15) is 5.82 Å². The maximum absolute atomic E-state index is 14.0. The zero-order valence-corrected chi connectivity index (χ0v) is 19.7. The van der Waals surface area contributed by atoms with E-state index in [9.17, 15) is 18.4 Å². The Labute approximate surface area is 204 Å². The number of benzene rings is 2. The molecule has 182 valence electrons. The van der Waals surface area contributed by atoms with E-state index in [4.69, 9.17) is 0 Å². The lowest BCUT2D eigenvalue weighted by Crippen LogP contribution is -2.24. The number of anilines is 1. The summed E-state index contributed by atoms with van der Waals surface area (Å²) < 4.78 is 31.0. The molecular formula is C26H22F2N6O2. The van der Waals surface area contributed by atoms with Gasteiger partial charge in [-0.15, -0.1) is 0 Å². The molecule has 2 amide bonds. The first-order chi connectivity index (χ1) is 17.2. The van der Waals surface area contributed by atoms with Crippen LogP contribution < -0.4 is 16.3 Å². The van der Waals surface area contributed by atoms with Crippen molar-refractivity contribution in [2.75, 3.05) is 12.4 Å². The van der Waals surface area contributed by atoms with Crippen molar-refractivity contribution in [3.8, 4) is 16.8 Å². The number of fused-ring (bicyclic) bond motifs is 3. The van der Waals surface area contributed by atoms with Crippen LogP contribution in [0.3, 0.4) is 0 Å². The molecule has 0 unspecified atom stereocenters. The standard InChI is InChI=1S/C26H22F2N6O2/c1-26(27,28)17-5-4-6-18(12-17)34-23-19-11-15(16-8-10-22(31-13-16)32-24(35)29-2)7-9-20(19)30-14-21(23)33(3)25(34)36/h4-14H,1-3H3,(H2,29,31,32,35). The molecule has 10 heteroatoms. The molecule has 0 aliphatic carbocycles. The first-order valence-corrected chi connectivity index (χ1v) is 11.1. The van der Waals surface area contributed by atoms with E-state index in [0.29, 0.717) is 33.4 Å². The average Bonchev–Trinajstić information content (AvgIpc) is 3.14. The average molecular weight is 488 g/mol. The van der Waals surface area contributed by atoms with Gasteiger partial charge in [-0.25, -0.2) is 23.4 Å². The molecule has 0 bridgehead atoms. The van der Waals surface area contributed by atoms with Gasteiger partial charge in [0.15, 0.2) is 0 Å². The number of nitrogens with zero attached hydrogens (tertiary/aromatic N) is 4. The lowest BCUT2D eigenvalue weighted by molar-refractivity contribution is 0.0174. The van der Waals surface area contributed by atoms with E-state index in [-0.39, 0.29) is 17.3 Å². The third-order valence-electron chi connectivity index (χ3n) is 6.06. The highest BCUT2D eigenvalue weighted by Crippen LogP contribution is 2.32. The van der Waals surface area contributed by atoms with Crippen LogP contribution in [0, 0.1) is 0 Å². The first-order valence-electron chi connectivity index (χ1n) is 11.1. The lowest BCUT2D eigenvalue weighted by atomic mass is 10.0. The molecule has 5 aromatic rings. The number of nitrogens with one attached hydrogen (secondary N) is 2. The normalized spacial score (nSPS) is 11.7. The highest BCUT2D eigenvalue weighted by atomic mass is 19.3. The maximum atomic E-state index is 14.0. The zero-order valence-electron chi connectivity index (χ0n) is 19.7. The summed E-state index contributed by atoms with van der Waals surface area (Å²) in [5, 5.41) is 5.76. The first kappa shape index (κ1) is 23.2. The van der Waals surface area contributed by atoms with E-state index in [1.807, 2.05) is 24.3 Å². The number of pyridine rings is 2. The fourth-order valence-corrected chi connectivity index (χ4v) is 4.15. The molecular weight excluding hydrogens is 466 g/mol. The topological polar surface area (TPSA) is 93.8 Å². The van der Waals surface area contributed by atoms with Crippen LogP contribution >= 0.6 is 0 Å². The van der Waals surface area contributed by atoms with Gasteiger partial charge in [0, 0.05) is 43.7 Å². The summed E-state index contributed by atoms with van der Waals surface area (Å²) in [7, 11) is 3.14. The van der Waals surface area contributed by atoms with Gasteiger partial charge >= 0.3 is 11.7 Å². The van der Waals surface area contributed by atoms with Gasteiger partial charge in [-0.1, -0.05) is 18.2 Å². The fourth-order valence-electron chi connectivity index (χ4n) is 4.15. The van der Waals surface area contributed by atoms with Crippen LogP contribution in [0.1, 0.15) is 12.5 Å². The summed E-state index contributed by atoms with van der Waals surface area (Å²) in [5.41, 5.74) is 3.17. The van der Waals surface area contributed by atoms with E-state index in [1.54, 1.807) is 31.6 Å². The van der Waals surface area contributed by atoms with E-state index < -0.39 is 5.92 Å². The Bertz CT molecular complexity index is 1680. The Morgan fingerprint density at radius 1 is 1.00 bits per heavy atom. The van der Waals surface area contributed by atoms with Crippen LogP contribution in [0.25, 0.3) is 38.8 Å². The minimum absolute atomic E-state index is 0.181. The minimum Gasteiger partial charge on any atom is -0.341 e. The zero-order chi connectivity index (χ0) is 25.6. The summed E-state index contributed by atoms with van der Waals surface area (Å²) in [6, 6.07) is 14.6. The third kappa shape index (κ3) is 3.96. The Kier molecular flexibility index (Phi) is 5.51. The monoisotopic (exact) mass is 488 g/mol. The van der Waals surface area contributed by atoms with Crippen molar-refractivity contribution in [2.45, 2.75) is 12.8 Å². The summed E-state index contributed by atoms with van der Waals surface area (Å²) in [6.07, 6.45) is 3.24. The Morgan fingerprint density at radius 3 is 2.47 bits per heavy atom. The van der Waals surface area contributed by atoms with Gasteiger partial charge < -0.3 is 5.32 Å². The number of rotatable bonds is 4. The number of imidazole rings is 1. The van der Waals surface area contributed by atoms with E-state index >= 15 is 0 Å². The van der Waals surface area contributed by atoms with Crippen molar-refractivity contribution >= 4 is 33.8 Å². The van der Waals surface area contributed by atoms with Gasteiger partial charge in [-0.05, 0) is 42.0 Å². The number of carbonyl (C=O) groups is 1. The number of aromatic nitrogens is 4. The number of hydrogen-bond acceptors (Lipinski definition) is 4. The van der Waals surface area contributed by atoms with E-state index in [2.05, 4.69) is 20.6 Å². The number of hydrogen-bond donors (Lipinski definition) is 2. The van der Waals surface area contributed by atoms with Crippen molar-refractivity contribution in [2.24, 2.45) is 7.05 Å². The van der Waals surface area contributed by atoms with Crippen LogP contribution in [0.2, 0.25) is 0 Å². The molecule has 0 radical (unpaired) electrons. The molecule has 0 aliphatic rings. The van der Waals surface area contributed by atoms with Crippen LogP contribution in [0.5, 0.6) is 0 Å². The Morgan fingerprint density at radius 2 is 1.78 bits per heavy atom. The molecule has 0 saturated carbocycles. The number of alkyl halides is 2. The summed E-state index contributed by atoms with van der Waals surface area (Å²) in [5.74, 6) is -2.65. The van der Waals surface area contributed by atoms with Crippen molar-refractivity contribution in [3.05, 3.63) is 83.0 Å². The number of urea groups is 1. The number of carbonyl (C=O) groups excluding carboxylic acids is 1. The summed E-state index contributed by atoms with van der Waals surface area (Å²) >= 11 is 0. The lowest BCUT2D eigenvalue weighted by Gasteiger charge is -2.13. The molecule has 0 aliphatic heterocycles. The van der Waals surface area contributed by atoms with Gasteiger partial charge in [0.25, 0.3) is 5.92 Å². The largest absolute Gasteiger partial charge is 0.341 e. The quantitative estimate of drug-likeness (QED) is 0.380. The molecule has 0 atom stereocenters. The van der Waals surface area contributed by atoms with Crippen molar-refractivity contribution in [1.82, 2.24) is 24.4 Å². The second-order valence-electron chi connectivity index (χ2n) is 8.48. The third-order valence-corrected chi connectivity index (χ3v) is 6.06. The molecule has 3 heterocycles. The molecule has 2 aromatic carbocycles. The van der Waals surface area contributed by atoms with Gasteiger partial charge in [-0.2, -0.15) is 0 Å². The molecule has 8 nitrogen and oxygen atoms in total. The molecule has 2 N–H and O–H groups in total. The van der Waals surface area contributed by atoms with Gasteiger partial charge in [0.2, 0.25) is 0 Å². The SMILES string of the molecule is CNC(=O)Nc1ccc(-c2ccc3ncc4c(c3c2)n(-c2cccc(C(C)(F)F)c2)c(=O)n4C)cn1. The number of halogens is 2. The maximum Gasteiger partial charge on any atom is 0.333 e. The van der Waals surface area contributed by atoms with Crippen LogP contribution in [-0.4, -0.2) is 32.2 Å². The van der Waals surface area contributed by atoms with Crippen LogP contribution in [0.15, 0.2) is 71.8 Å². The summed E-state index contributed by atoms with van der Waals surface area (Å²) in [4.78, 5) is 33.6. The summed E-state index contributed by atoms with van der Waals surface area (Å²) in [6.45, 7) is 0.826. The number of amides is 2. The highest BCUT2D eigenvalue weighted by Gasteiger charge is 2.25. The van der Waals surface area contributed by atoms with Gasteiger partial charge in [-0.3, -0.25) is 19.4 Å². The predicted octanol–water partition coefficient (Wildman–Crippen LogP) is 4.80. The molecule has 3 aromatic heterocycles. The van der Waals surface area contributed by atoms with Crippen LogP contribution in [0.4, 0.5) is 19.4 Å². The molecule has 36 heavy (non-hydrogen) atoms. The molecule has 0 fully saturated rings. The van der Waals surface area contributed by atoms with E-state index in [1.165, 1.54) is 34.4 Å². The Balaban J connectivity index is 1.70. The fraction of sp³-hybridized carbons (Fsp3) is 0.154. The minimum atomic E-state index is -3.05. The second-order valence-corrected chi connectivity index (χ2v) is 8.48. The molecule has 5 rings (SSSR count). The van der Waals surface area contributed by atoms with Crippen molar-refractivity contribution in [3.63, 3.8) is 0 Å². The number of aryl methyl sites for hydroxylation is 1. The predicted molar refractivity (Wildman–Crippen MR) is 135 cm³/mol. The smallest absolute Gasteiger partial charge is 0.333 e. The van der Waals surface area contributed by atoms with Crippen molar-refractivity contribution < 1.29 is 13.6 Å². The second kappa shape index (κ2) is 8.56. The Hall–Kier alpha value is -4.60. The van der Waals surface area contributed by atoms with Crippen LogP contribution in [-0.2, 0) is 13.0 Å². The van der Waals surface area contributed by atoms with E-state index in [0.717, 1.165) is 18.1 Å². The van der Waals surface area contributed by atoms with Gasteiger partial charge in [0.05, 0.1) is 28.4 Å². The van der Waals surface area contributed by atoms with Crippen molar-refractivity contribution in [1.29, 1.82) is 0 Å².